The molecule has 0 saturated carbocycles. The number of ether oxygens (including phenoxy) is 1. The first kappa shape index (κ1) is 18.9. The number of nitrogens with one attached hydrogen (secondary N) is 2. The number of rotatable bonds is 8. The fourth-order valence-electron chi connectivity index (χ4n) is 2.13. The molecule has 2 N–H and O–H groups in total. The van der Waals surface area contributed by atoms with Crippen LogP contribution >= 0.6 is 0 Å². The lowest BCUT2D eigenvalue weighted by atomic mass is 10.2. The van der Waals surface area contributed by atoms with Gasteiger partial charge in [-0.15, -0.1) is 0 Å². The molecule has 0 atom stereocenters. The van der Waals surface area contributed by atoms with Crippen molar-refractivity contribution < 1.29 is 17.9 Å². The van der Waals surface area contributed by atoms with Crippen molar-refractivity contribution >= 4 is 15.9 Å². The number of carbonyl (C=O) groups excluding carboxylic acids is 1. The van der Waals surface area contributed by atoms with Crippen LogP contribution in [0.2, 0.25) is 0 Å². The molecule has 0 fully saturated rings. The Labute approximate surface area is 147 Å². The maximum absolute atomic E-state index is 12.5. The molecule has 1 aromatic heterocycles. The van der Waals surface area contributed by atoms with Gasteiger partial charge in [0.1, 0.15) is 5.75 Å². The third kappa shape index (κ3) is 5.01. The van der Waals surface area contributed by atoms with E-state index < -0.39 is 10.0 Å². The van der Waals surface area contributed by atoms with E-state index in [4.69, 9.17) is 4.74 Å². The Kier molecular flexibility index (Phi) is 6.49. The molecule has 2 rings (SSSR count). The molecule has 7 nitrogen and oxygen atoms in total. The average molecular weight is 363 g/mol. The molecule has 0 spiro atoms. The van der Waals surface area contributed by atoms with Gasteiger partial charge in [0, 0.05) is 25.5 Å². The standard InChI is InChI=1S/C17H21N3O4S/c1-3-8-19-17(21)15-10-14(6-7-16(15)24-2)25(22,23)20-12-13-5-4-9-18-11-13/h4-7,9-11,20H,3,8,12H2,1-2H3,(H,19,21). The summed E-state index contributed by atoms with van der Waals surface area (Å²) in [5.74, 6) is -0.0529. The number of hydrogen-bond acceptors (Lipinski definition) is 5. The zero-order chi connectivity index (χ0) is 18.3. The van der Waals surface area contributed by atoms with Gasteiger partial charge in [-0.05, 0) is 36.2 Å². The van der Waals surface area contributed by atoms with Crippen LogP contribution in [-0.2, 0) is 16.6 Å². The Hall–Kier alpha value is -2.45. The first-order chi connectivity index (χ1) is 12.0. The second-order valence-corrected chi connectivity index (χ2v) is 7.07. The Morgan fingerprint density at radius 1 is 1.28 bits per heavy atom. The second kappa shape index (κ2) is 8.59. The summed E-state index contributed by atoms with van der Waals surface area (Å²) in [7, 11) is -2.34. The molecular formula is C17H21N3O4S. The first-order valence-electron chi connectivity index (χ1n) is 7.82. The minimum Gasteiger partial charge on any atom is -0.496 e. The van der Waals surface area contributed by atoms with Gasteiger partial charge in [-0.25, -0.2) is 13.1 Å². The van der Waals surface area contributed by atoms with Crippen molar-refractivity contribution in [3.05, 3.63) is 53.9 Å². The van der Waals surface area contributed by atoms with Crippen LogP contribution in [0.4, 0.5) is 0 Å². The maximum Gasteiger partial charge on any atom is 0.255 e. The van der Waals surface area contributed by atoms with Crippen molar-refractivity contribution in [1.82, 2.24) is 15.0 Å². The van der Waals surface area contributed by atoms with Gasteiger partial charge in [0.05, 0.1) is 17.6 Å². The van der Waals surface area contributed by atoms with E-state index in [0.29, 0.717) is 12.3 Å². The summed E-state index contributed by atoms with van der Waals surface area (Å²) < 4.78 is 32.6. The third-order valence-corrected chi connectivity index (χ3v) is 4.85. The number of methoxy groups -OCH3 is 1. The molecule has 25 heavy (non-hydrogen) atoms. The molecule has 1 heterocycles. The number of hydrogen-bond donors (Lipinski definition) is 2. The molecule has 1 amide bonds. The highest BCUT2D eigenvalue weighted by Gasteiger charge is 2.19. The van der Waals surface area contributed by atoms with Gasteiger partial charge in [-0.3, -0.25) is 9.78 Å². The van der Waals surface area contributed by atoms with Crippen LogP contribution in [-0.4, -0.2) is 33.0 Å². The van der Waals surface area contributed by atoms with Crippen molar-refractivity contribution in [3.63, 3.8) is 0 Å². The summed E-state index contributed by atoms with van der Waals surface area (Å²) in [6.07, 6.45) is 3.97. The largest absolute Gasteiger partial charge is 0.496 e. The van der Waals surface area contributed by atoms with Gasteiger partial charge in [-0.2, -0.15) is 0 Å². The van der Waals surface area contributed by atoms with Gasteiger partial charge < -0.3 is 10.1 Å². The number of amides is 1. The molecule has 1 aromatic carbocycles. The topological polar surface area (TPSA) is 97.4 Å². The Bertz CT molecular complexity index is 823. The number of carbonyl (C=O) groups is 1. The quantitative estimate of drug-likeness (QED) is 0.744. The van der Waals surface area contributed by atoms with Gasteiger partial charge in [-0.1, -0.05) is 13.0 Å². The van der Waals surface area contributed by atoms with E-state index in [2.05, 4.69) is 15.0 Å². The minimum absolute atomic E-state index is 0.00108. The summed E-state index contributed by atoms with van der Waals surface area (Å²) in [6, 6.07) is 7.69. The predicted octanol–water partition coefficient (Wildman–Crippen LogP) is 1.71. The summed E-state index contributed by atoms with van der Waals surface area (Å²) in [5.41, 5.74) is 0.917. The molecule has 8 heteroatoms. The lowest BCUT2D eigenvalue weighted by molar-refractivity contribution is 0.0950. The highest BCUT2D eigenvalue weighted by molar-refractivity contribution is 7.89. The van der Waals surface area contributed by atoms with Crippen molar-refractivity contribution in [2.45, 2.75) is 24.8 Å². The summed E-state index contributed by atoms with van der Waals surface area (Å²) >= 11 is 0. The number of aromatic nitrogens is 1. The lowest BCUT2D eigenvalue weighted by Crippen LogP contribution is -2.26. The molecule has 0 saturated heterocycles. The number of benzene rings is 1. The van der Waals surface area contributed by atoms with Gasteiger partial charge in [0.15, 0.2) is 0 Å². The van der Waals surface area contributed by atoms with E-state index in [-0.39, 0.29) is 22.9 Å². The molecule has 0 radical (unpaired) electrons. The Morgan fingerprint density at radius 3 is 2.72 bits per heavy atom. The van der Waals surface area contributed by atoms with Crippen molar-refractivity contribution in [1.29, 1.82) is 0 Å². The van der Waals surface area contributed by atoms with E-state index in [0.717, 1.165) is 12.0 Å². The normalized spacial score (nSPS) is 11.1. The summed E-state index contributed by atoms with van der Waals surface area (Å²) in [4.78, 5) is 16.2. The maximum atomic E-state index is 12.5. The van der Waals surface area contributed by atoms with E-state index in [1.54, 1.807) is 24.5 Å². The molecule has 134 valence electrons. The number of sulfonamides is 1. The van der Waals surface area contributed by atoms with Crippen LogP contribution in [0.25, 0.3) is 0 Å². The minimum atomic E-state index is -3.77. The molecule has 0 aliphatic carbocycles. The van der Waals surface area contributed by atoms with Gasteiger partial charge in [0.25, 0.3) is 5.91 Å². The van der Waals surface area contributed by atoms with Gasteiger partial charge >= 0.3 is 0 Å². The lowest BCUT2D eigenvalue weighted by Gasteiger charge is -2.12. The fraction of sp³-hybridized carbons (Fsp3) is 0.294. The predicted molar refractivity (Wildman–Crippen MR) is 93.9 cm³/mol. The Balaban J connectivity index is 2.23. The average Bonchev–Trinajstić information content (AvgIpc) is 2.64. The second-order valence-electron chi connectivity index (χ2n) is 5.30. The molecule has 0 aliphatic heterocycles. The fourth-order valence-corrected chi connectivity index (χ4v) is 3.17. The highest BCUT2D eigenvalue weighted by atomic mass is 32.2. The van der Waals surface area contributed by atoms with E-state index in [9.17, 15) is 13.2 Å². The van der Waals surface area contributed by atoms with Gasteiger partial charge in [0.2, 0.25) is 10.0 Å². The number of nitrogens with zero attached hydrogens (tertiary/aromatic N) is 1. The SMILES string of the molecule is CCCNC(=O)c1cc(S(=O)(=O)NCc2cccnc2)ccc1OC. The monoisotopic (exact) mass is 363 g/mol. The van der Waals surface area contributed by atoms with Crippen molar-refractivity contribution in [2.75, 3.05) is 13.7 Å². The molecule has 0 unspecified atom stereocenters. The molecule has 0 bridgehead atoms. The van der Waals surface area contributed by atoms with Crippen LogP contribution in [0.5, 0.6) is 5.75 Å². The van der Waals surface area contributed by atoms with Crippen LogP contribution in [0.3, 0.4) is 0 Å². The van der Waals surface area contributed by atoms with Crippen molar-refractivity contribution in [2.24, 2.45) is 0 Å². The summed E-state index contributed by atoms with van der Waals surface area (Å²) in [6.45, 7) is 2.54. The van der Waals surface area contributed by atoms with Crippen LogP contribution < -0.4 is 14.8 Å². The van der Waals surface area contributed by atoms with Crippen LogP contribution in [0, 0.1) is 0 Å². The zero-order valence-corrected chi connectivity index (χ0v) is 15.0. The van der Waals surface area contributed by atoms with Crippen LogP contribution in [0.1, 0.15) is 29.3 Å². The smallest absolute Gasteiger partial charge is 0.255 e. The van der Waals surface area contributed by atoms with Crippen LogP contribution in [0.15, 0.2) is 47.6 Å². The molecule has 0 aliphatic rings. The summed E-state index contributed by atoms with van der Waals surface area (Å²) in [5, 5.41) is 2.72. The zero-order valence-electron chi connectivity index (χ0n) is 14.2. The Morgan fingerprint density at radius 2 is 2.08 bits per heavy atom. The highest BCUT2D eigenvalue weighted by Crippen LogP contribution is 2.22. The third-order valence-electron chi connectivity index (χ3n) is 3.45. The number of pyridine rings is 1. The molecule has 2 aromatic rings. The van der Waals surface area contributed by atoms with E-state index >= 15 is 0 Å². The first-order valence-corrected chi connectivity index (χ1v) is 9.31. The van der Waals surface area contributed by atoms with E-state index in [1.807, 2.05) is 6.92 Å². The molecular weight excluding hydrogens is 342 g/mol. The van der Waals surface area contributed by atoms with E-state index in [1.165, 1.54) is 25.3 Å². The van der Waals surface area contributed by atoms with Crippen molar-refractivity contribution in [3.8, 4) is 5.75 Å².